The highest BCUT2D eigenvalue weighted by Crippen LogP contribution is 2.10. The number of nitrogens with one attached hydrogen (secondary N) is 1. The summed E-state index contributed by atoms with van der Waals surface area (Å²) in [7, 11) is 0. The SMILES string of the molecule is CCC(O)CNc1ccc(Br)cn1. The van der Waals surface area contributed by atoms with E-state index >= 15 is 0 Å². The molecule has 1 rings (SSSR count). The number of aliphatic hydroxyl groups is 1. The van der Waals surface area contributed by atoms with Crippen molar-refractivity contribution in [2.24, 2.45) is 0 Å². The summed E-state index contributed by atoms with van der Waals surface area (Å²) in [6.45, 7) is 2.49. The number of rotatable bonds is 4. The van der Waals surface area contributed by atoms with Crippen LogP contribution in [0.15, 0.2) is 22.8 Å². The van der Waals surface area contributed by atoms with E-state index in [4.69, 9.17) is 0 Å². The first-order chi connectivity index (χ1) is 6.22. The molecule has 0 aromatic carbocycles. The van der Waals surface area contributed by atoms with Gasteiger partial charge in [-0.15, -0.1) is 0 Å². The number of pyridine rings is 1. The summed E-state index contributed by atoms with van der Waals surface area (Å²) in [5.41, 5.74) is 0. The average molecular weight is 245 g/mol. The molecular weight excluding hydrogens is 232 g/mol. The molecule has 1 unspecified atom stereocenters. The van der Waals surface area contributed by atoms with Gasteiger partial charge in [-0.1, -0.05) is 6.92 Å². The Morgan fingerprint density at radius 3 is 2.92 bits per heavy atom. The Labute approximate surface area is 86.3 Å². The van der Waals surface area contributed by atoms with Crippen LogP contribution in [0.5, 0.6) is 0 Å². The van der Waals surface area contributed by atoms with Gasteiger partial charge in [0.15, 0.2) is 0 Å². The summed E-state index contributed by atoms with van der Waals surface area (Å²) in [6, 6.07) is 3.78. The van der Waals surface area contributed by atoms with Crippen molar-refractivity contribution in [3.05, 3.63) is 22.8 Å². The van der Waals surface area contributed by atoms with E-state index in [0.717, 1.165) is 16.7 Å². The van der Waals surface area contributed by atoms with Crippen molar-refractivity contribution in [2.45, 2.75) is 19.4 Å². The summed E-state index contributed by atoms with van der Waals surface area (Å²) in [5.74, 6) is 0.788. The summed E-state index contributed by atoms with van der Waals surface area (Å²) in [5, 5.41) is 12.3. The molecule has 13 heavy (non-hydrogen) atoms. The van der Waals surface area contributed by atoms with Crippen LogP contribution in [0.4, 0.5) is 5.82 Å². The lowest BCUT2D eigenvalue weighted by Crippen LogP contribution is -2.18. The second-order valence-electron chi connectivity index (χ2n) is 2.80. The summed E-state index contributed by atoms with van der Waals surface area (Å²) in [4.78, 5) is 4.12. The monoisotopic (exact) mass is 244 g/mol. The molecule has 0 aliphatic heterocycles. The molecule has 0 bridgehead atoms. The Balaban J connectivity index is 2.41. The average Bonchev–Trinajstić information content (AvgIpc) is 2.16. The van der Waals surface area contributed by atoms with Gasteiger partial charge in [0.25, 0.3) is 0 Å². The van der Waals surface area contributed by atoms with Gasteiger partial charge in [-0.05, 0) is 34.5 Å². The molecule has 1 heterocycles. The van der Waals surface area contributed by atoms with Crippen LogP contribution in [-0.4, -0.2) is 22.7 Å². The quantitative estimate of drug-likeness (QED) is 0.853. The van der Waals surface area contributed by atoms with E-state index in [1.165, 1.54) is 0 Å². The Bertz CT molecular complexity index is 250. The maximum atomic E-state index is 9.27. The molecule has 0 radical (unpaired) electrons. The largest absolute Gasteiger partial charge is 0.391 e. The van der Waals surface area contributed by atoms with Crippen LogP contribution in [0.3, 0.4) is 0 Å². The molecule has 0 aliphatic carbocycles. The molecule has 0 saturated heterocycles. The third-order valence-corrected chi connectivity index (χ3v) is 2.19. The Hall–Kier alpha value is -0.610. The maximum absolute atomic E-state index is 9.27. The summed E-state index contributed by atoms with van der Waals surface area (Å²) >= 11 is 3.30. The minimum Gasteiger partial charge on any atom is -0.391 e. The van der Waals surface area contributed by atoms with Crippen molar-refractivity contribution < 1.29 is 5.11 Å². The van der Waals surface area contributed by atoms with Gasteiger partial charge >= 0.3 is 0 Å². The minimum atomic E-state index is -0.301. The van der Waals surface area contributed by atoms with Crippen LogP contribution in [0, 0.1) is 0 Å². The maximum Gasteiger partial charge on any atom is 0.126 e. The van der Waals surface area contributed by atoms with E-state index in [9.17, 15) is 5.11 Å². The zero-order chi connectivity index (χ0) is 9.68. The smallest absolute Gasteiger partial charge is 0.126 e. The van der Waals surface area contributed by atoms with Crippen molar-refractivity contribution >= 4 is 21.7 Å². The van der Waals surface area contributed by atoms with Crippen LogP contribution < -0.4 is 5.32 Å². The first-order valence-corrected chi connectivity index (χ1v) is 5.05. The number of hydrogen-bond acceptors (Lipinski definition) is 3. The predicted octanol–water partition coefficient (Wildman–Crippen LogP) is 2.03. The first kappa shape index (κ1) is 10.5. The molecule has 0 spiro atoms. The zero-order valence-corrected chi connectivity index (χ0v) is 9.08. The van der Waals surface area contributed by atoms with Gasteiger partial charge < -0.3 is 10.4 Å². The van der Waals surface area contributed by atoms with E-state index in [0.29, 0.717) is 6.54 Å². The van der Waals surface area contributed by atoms with Crippen LogP contribution >= 0.6 is 15.9 Å². The van der Waals surface area contributed by atoms with Gasteiger partial charge in [0.1, 0.15) is 5.82 Å². The number of hydrogen-bond donors (Lipinski definition) is 2. The highest BCUT2D eigenvalue weighted by atomic mass is 79.9. The lowest BCUT2D eigenvalue weighted by atomic mass is 10.3. The summed E-state index contributed by atoms with van der Waals surface area (Å²) < 4.78 is 0.953. The topological polar surface area (TPSA) is 45.1 Å². The fraction of sp³-hybridized carbons (Fsp3) is 0.444. The molecule has 72 valence electrons. The lowest BCUT2D eigenvalue weighted by molar-refractivity contribution is 0.183. The number of anilines is 1. The molecule has 3 nitrogen and oxygen atoms in total. The van der Waals surface area contributed by atoms with Crippen LogP contribution in [0.2, 0.25) is 0 Å². The van der Waals surface area contributed by atoms with Gasteiger partial charge in [0.2, 0.25) is 0 Å². The van der Waals surface area contributed by atoms with Crippen molar-refractivity contribution in [1.29, 1.82) is 0 Å². The highest BCUT2D eigenvalue weighted by Gasteiger charge is 1.99. The second kappa shape index (κ2) is 5.19. The molecule has 0 saturated carbocycles. The first-order valence-electron chi connectivity index (χ1n) is 4.26. The van der Waals surface area contributed by atoms with Crippen LogP contribution in [0.1, 0.15) is 13.3 Å². The molecular formula is C9H13BrN2O. The number of halogens is 1. The third kappa shape index (κ3) is 3.74. The van der Waals surface area contributed by atoms with Crippen molar-refractivity contribution in [2.75, 3.05) is 11.9 Å². The van der Waals surface area contributed by atoms with E-state index in [1.54, 1.807) is 6.20 Å². The molecule has 1 atom stereocenters. The second-order valence-corrected chi connectivity index (χ2v) is 3.72. The molecule has 0 aliphatic rings. The van der Waals surface area contributed by atoms with E-state index in [2.05, 4.69) is 26.2 Å². The highest BCUT2D eigenvalue weighted by molar-refractivity contribution is 9.10. The molecule has 4 heteroatoms. The number of nitrogens with zero attached hydrogens (tertiary/aromatic N) is 1. The third-order valence-electron chi connectivity index (χ3n) is 1.72. The molecule has 1 aromatic heterocycles. The van der Waals surface area contributed by atoms with Gasteiger partial charge in [-0.3, -0.25) is 0 Å². The normalized spacial score (nSPS) is 12.5. The van der Waals surface area contributed by atoms with E-state index in [-0.39, 0.29) is 6.10 Å². The fourth-order valence-corrected chi connectivity index (χ4v) is 1.08. The Kier molecular flexibility index (Phi) is 4.18. The molecule has 0 fully saturated rings. The van der Waals surface area contributed by atoms with E-state index in [1.807, 2.05) is 19.1 Å². The molecule has 1 aromatic rings. The van der Waals surface area contributed by atoms with Crippen LogP contribution in [-0.2, 0) is 0 Å². The van der Waals surface area contributed by atoms with E-state index < -0.39 is 0 Å². The van der Waals surface area contributed by atoms with Crippen molar-refractivity contribution in [3.63, 3.8) is 0 Å². The van der Waals surface area contributed by atoms with Gasteiger partial charge in [0, 0.05) is 17.2 Å². The molecule has 0 amide bonds. The van der Waals surface area contributed by atoms with Crippen LogP contribution in [0.25, 0.3) is 0 Å². The lowest BCUT2D eigenvalue weighted by Gasteiger charge is -2.09. The predicted molar refractivity (Wildman–Crippen MR) is 56.7 cm³/mol. The number of aromatic nitrogens is 1. The molecule has 2 N–H and O–H groups in total. The van der Waals surface area contributed by atoms with Crippen molar-refractivity contribution in [3.8, 4) is 0 Å². The van der Waals surface area contributed by atoms with Gasteiger partial charge in [-0.25, -0.2) is 4.98 Å². The number of aliphatic hydroxyl groups excluding tert-OH is 1. The zero-order valence-electron chi connectivity index (χ0n) is 7.50. The summed E-state index contributed by atoms with van der Waals surface area (Å²) in [6.07, 6.45) is 2.18. The fourth-order valence-electron chi connectivity index (χ4n) is 0.847. The standard InChI is InChI=1S/C9H13BrN2O/c1-2-8(13)6-12-9-4-3-7(10)5-11-9/h3-5,8,13H,2,6H2,1H3,(H,11,12). The van der Waals surface area contributed by atoms with Gasteiger partial charge in [-0.2, -0.15) is 0 Å². The Morgan fingerprint density at radius 1 is 1.62 bits per heavy atom. The Morgan fingerprint density at radius 2 is 2.38 bits per heavy atom. The van der Waals surface area contributed by atoms with Crippen molar-refractivity contribution in [1.82, 2.24) is 4.98 Å². The minimum absolute atomic E-state index is 0.301. The van der Waals surface area contributed by atoms with Gasteiger partial charge in [0.05, 0.1) is 6.10 Å².